The number of fused-ring (bicyclic) bond motifs is 2. The highest BCUT2D eigenvalue weighted by Gasteiger charge is 2.24. The van der Waals surface area contributed by atoms with E-state index in [4.69, 9.17) is 13.9 Å². The largest absolute Gasteiger partial charge is 0.486 e. The van der Waals surface area contributed by atoms with Gasteiger partial charge in [0.1, 0.15) is 24.5 Å². The van der Waals surface area contributed by atoms with Gasteiger partial charge >= 0.3 is 0 Å². The fraction of sp³-hybridized carbons (Fsp3) is 0.360. The van der Waals surface area contributed by atoms with Gasteiger partial charge in [-0.3, -0.25) is 9.59 Å². The molecule has 1 aliphatic heterocycles. The van der Waals surface area contributed by atoms with Crippen molar-refractivity contribution in [3.8, 4) is 11.5 Å². The summed E-state index contributed by atoms with van der Waals surface area (Å²) < 4.78 is 17.0. The third-order valence-electron chi connectivity index (χ3n) is 6.06. The molecule has 0 bridgehead atoms. The Balaban J connectivity index is 1.38. The molecule has 2 amide bonds. The topological polar surface area (TPSA) is 89.8 Å². The Morgan fingerprint density at radius 3 is 2.53 bits per heavy atom. The molecule has 0 atom stereocenters. The second-order valence-electron chi connectivity index (χ2n) is 8.37. The Hall–Kier alpha value is -3.48. The molecule has 0 radical (unpaired) electrons. The molecule has 2 aromatic carbocycles. The van der Waals surface area contributed by atoms with Crippen LogP contribution in [0.2, 0.25) is 0 Å². The summed E-state index contributed by atoms with van der Waals surface area (Å²) in [6.07, 6.45) is 6.22. The number of furan rings is 1. The molecule has 32 heavy (non-hydrogen) atoms. The number of rotatable bonds is 5. The number of hydrogen-bond acceptors (Lipinski definition) is 5. The normalized spacial score (nSPS) is 16.0. The molecule has 1 fully saturated rings. The van der Waals surface area contributed by atoms with Gasteiger partial charge in [-0.15, -0.1) is 0 Å². The van der Waals surface area contributed by atoms with Crippen molar-refractivity contribution in [2.24, 2.45) is 5.92 Å². The monoisotopic (exact) mass is 434 g/mol. The second-order valence-corrected chi connectivity index (χ2v) is 8.37. The number of benzene rings is 2. The van der Waals surface area contributed by atoms with E-state index in [1.807, 2.05) is 18.2 Å². The smallest absolute Gasteiger partial charge is 0.293 e. The van der Waals surface area contributed by atoms with Crippen molar-refractivity contribution in [3.05, 3.63) is 48.2 Å². The molecule has 0 saturated heterocycles. The van der Waals surface area contributed by atoms with E-state index in [2.05, 4.69) is 10.6 Å². The molecule has 166 valence electrons. The van der Waals surface area contributed by atoms with Crippen molar-refractivity contribution in [2.75, 3.05) is 23.8 Å². The quantitative estimate of drug-likeness (QED) is 0.564. The van der Waals surface area contributed by atoms with E-state index < -0.39 is 5.91 Å². The molecular weight excluding hydrogens is 408 g/mol. The van der Waals surface area contributed by atoms with E-state index in [9.17, 15) is 9.59 Å². The van der Waals surface area contributed by atoms with Crippen LogP contribution in [0, 0.1) is 5.92 Å². The van der Waals surface area contributed by atoms with Gasteiger partial charge in [-0.05, 0) is 43.0 Å². The van der Waals surface area contributed by atoms with Crippen LogP contribution < -0.4 is 20.1 Å². The molecule has 1 aromatic heterocycles. The molecule has 0 unspecified atom stereocenters. The fourth-order valence-electron chi connectivity index (χ4n) is 4.48. The molecule has 1 saturated carbocycles. The predicted octanol–water partition coefficient (Wildman–Crippen LogP) is 5.37. The van der Waals surface area contributed by atoms with Gasteiger partial charge < -0.3 is 24.5 Å². The number of hydrogen-bond donors (Lipinski definition) is 2. The number of carbonyl (C=O) groups is 2. The SMILES string of the molecule is O=C(CC1CCCCC1)Nc1c(C(=O)Nc2ccc3c(c2)OCCO3)oc2ccccc12. The summed E-state index contributed by atoms with van der Waals surface area (Å²) in [6, 6.07) is 12.5. The maximum Gasteiger partial charge on any atom is 0.293 e. The van der Waals surface area contributed by atoms with Crippen molar-refractivity contribution >= 4 is 34.2 Å². The van der Waals surface area contributed by atoms with Gasteiger partial charge in [-0.25, -0.2) is 0 Å². The van der Waals surface area contributed by atoms with E-state index in [-0.39, 0.29) is 11.7 Å². The molecule has 0 spiro atoms. The summed E-state index contributed by atoms with van der Waals surface area (Å²) in [5.74, 6) is 1.19. The minimum absolute atomic E-state index is 0.0816. The average Bonchev–Trinajstić information content (AvgIpc) is 3.18. The number of para-hydroxylation sites is 1. The zero-order valence-electron chi connectivity index (χ0n) is 17.8. The first-order valence-corrected chi connectivity index (χ1v) is 11.2. The Morgan fingerprint density at radius 1 is 0.906 bits per heavy atom. The minimum Gasteiger partial charge on any atom is -0.486 e. The highest BCUT2D eigenvalue weighted by Crippen LogP contribution is 2.35. The summed E-state index contributed by atoms with van der Waals surface area (Å²) in [6.45, 7) is 0.965. The van der Waals surface area contributed by atoms with Gasteiger partial charge in [0.25, 0.3) is 5.91 Å². The average molecular weight is 434 g/mol. The van der Waals surface area contributed by atoms with Crippen molar-refractivity contribution in [1.82, 2.24) is 0 Å². The van der Waals surface area contributed by atoms with Gasteiger partial charge in [-0.1, -0.05) is 31.4 Å². The van der Waals surface area contributed by atoms with Crippen LogP contribution in [0.1, 0.15) is 49.1 Å². The number of ether oxygens (including phenoxy) is 2. The fourth-order valence-corrected chi connectivity index (χ4v) is 4.48. The van der Waals surface area contributed by atoms with E-state index in [1.54, 1.807) is 24.3 Å². The Kier molecular flexibility index (Phi) is 5.71. The zero-order valence-corrected chi connectivity index (χ0v) is 17.8. The first-order chi connectivity index (χ1) is 15.7. The van der Waals surface area contributed by atoms with Crippen LogP contribution >= 0.6 is 0 Å². The molecule has 2 N–H and O–H groups in total. The lowest BCUT2D eigenvalue weighted by Crippen LogP contribution is -2.20. The Labute approximate surface area is 186 Å². The van der Waals surface area contributed by atoms with Crippen LogP contribution in [-0.2, 0) is 4.79 Å². The number of carbonyl (C=O) groups excluding carboxylic acids is 2. The van der Waals surface area contributed by atoms with Gasteiger partial charge in [0.2, 0.25) is 11.7 Å². The highest BCUT2D eigenvalue weighted by atomic mass is 16.6. The third kappa shape index (κ3) is 4.28. The van der Waals surface area contributed by atoms with Crippen LogP contribution in [0.15, 0.2) is 46.9 Å². The third-order valence-corrected chi connectivity index (χ3v) is 6.06. The molecule has 3 aromatic rings. The Morgan fingerprint density at radius 2 is 1.69 bits per heavy atom. The number of anilines is 2. The summed E-state index contributed by atoms with van der Waals surface area (Å²) in [4.78, 5) is 25.9. The summed E-state index contributed by atoms with van der Waals surface area (Å²) in [5, 5.41) is 6.51. The van der Waals surface area contributed by atoms with Crippen LogP contribution in [0.5, 0.6) is 11.5 Å². The molecular formula is C25H26N2O5. The van der Waals surface area contributed by atoms with E-state index >= 15 is 0 Å². The minimum atomic E-state index is -0.439. The summed E-state index contributed by atoms with van der Waals surface area (Å²) in [5.41, 5.74) is 1.52. The molecule has 2 aliphatic rings. The zero-order chi connectivity index (χ0) is 21.9. The molecule has 7 nitrogen and oxygen atoms in total. The first kappa shape index (κ1) is 20.4. The maximum absolute atomic E-state index is 13.1. The standard InChI is InChI=1S/C25H26N2O5/c28-22(14-16-6-2-1-3-7-16)27-23-18-8-4-5-9-19(18)32-24(23)25(29)26-17-10-11-20-21(15-17)31-13-12-30-20/h4-5,8-11,15-16H,1-3,6-7,12-14H2,(H,26,29)(H,27,28). The lowest BCUT2D eigenvalue weighted by molar-refractivity contribution is -0.117. The van der Waals surface area contributed by atoms with E-state index in [0.29, 0.717) is 59.4 Å². The van der Waals surface area contributed by atoms with Crippen LogP contribution in [-0.4, -0.2) is 25.0 Å². The van der Waals surface area contributed by atoms with E-state index in [0.717, 1.165) is 12.8 Å². The van der Waals surface area contributed by atoms with Crippen molar-refractivity contribution in [3.63, 3.8) is 0 Å². The van der Waals surface area contributed by atoms with Gasteiger partial charge in [0.05, 0.1) is 0 Å². The lowest BCUT2D eigenvalue weighted by atomic mass is 9.87. The van der Waals surface area contributed by atoms with E-state index in [1.165, 1.54) is 19.3 Å². The van der Waals surface area contributed by atoms with Gasteiger partial charge in [0, 0.05) is 23.6 Å². The van der Waals surface area contributed by atoms with Crippen molar-refractivity contribution in [1.29, 1.82) is 0 Å². The summed E-state index contributed by atoms with van der Waals surface area (Å²) in [7, 11) is 0. The molecule has 1 aliphatic carbocycles. The van der Waals surface area contributed by atoms with Crippen molar-refractivity contribution in [2.45, 2.75) is 38.5 Å². The van der Waals surface area contributed by atoms with Crippen LogP contribution in [0.3, 0.4) is 0 Å². The van der Waals surface area contributed by atoms with Crippen molar-refractivity contribution < 1.29 is 23.5 Å². The predicted molar refractivity (Wildman–Crippen MR) is 121 cm³/mol. The first-order valence-electron chi connectivity index (χ1n) is 11.2. The second kappa shape index (κ2) is 8.94. The number of amides is 2. The summed E-state index contributed by atoms with van der Waals surface area (Å²) >= 11 is 0. The van der Waals surface area contributed by atoms with Gasteiger partial charge in [-0.2, -0.15) is 0 Å². The highest BCUT2D eigenvalue weighted by molar-refractivity contribution is 6.14. The van der Waals surface area contributed by atoms with Crippen LogP contribution in [0.4, 0.5) is 11.4 Å². The van der Waals surface area contributed by atoms with Crippen LogP contribution in [0.25, 0.3) is 11.0 Å². The molecule has 7 heteroatoms. The number of nitrogens with one attached hydrogen (secondary N) is 2. The maximum atomic E-state index is 13.1. The molecule has 5 rings (SSSR count). The van der Waals surface area contributed by atoms with Gasteiger partial charge in [0.15, 0.2) is 11.5 Å². The Bertz CT molecular complexity index is 1150. The molecule has 2 heterocycles. The lowest BCUT2D eigenvalue weighted by Gasteiger charge is -2.20.